The van der Waals surface area contributed by atoms with Crippen molar-refractivity contribution < 1.29 is 17.6 Å². The highest BCUT2D eigenvalue weighted by atomic mass is 35.5. The van der Waals surface area contributed by atoms with Gasteiger partial charge in [-0.05, 0) is 43.1 Å². The Bertz CT molecular complexity index is 450. The van der Waals surface area contributed by atoms with Crippen molar-refractivity contribution in [3.05, 3.63) is 35.1 Å². The minimum absolute atomic E-state index is 0. The standard InChI is InChI=1S/C13H16F4N2.ClH/c14-11-5-9(4-10(6-11)13(15,16)17)7-19-3-1-2-12(18)8-19;/h4-6,12H,1-3,7-8,18H2;1H. The zero-order valence-corrected chi connectivity index (χ0v) is 11.6. The van der Waals surface area contributed by atoms with E-state index in [9.17, 15) is 17.6 Å². The molecule has 1 aliphatic rings. The topological polar surface area (TPSA) is 29.3 Å². The summed E-state index contributed by atoms with van der Waals surface area (Å²) < 4.78 is 51.0. The Labute approximate surface area is 121 Å². The summed E-state index contributed by atoms with van der Waals surface area (Å²) in [6, 6.07) is 2.72. The van der Waals surface area contributed by atoms with Gasteiger partial charge in [0.15, 0.2) is 0 Å². The molecule has 0 bridgehead atoms. The SMILES string of the molecule is Cl.NC1CCCN(Cc2cc(F)cc(C(F)(F)F)c2)C1. The summed E-state index contributed by atoms with van der Waals surface area (Å²) >= 11 is 0. The maximum atomic E-state index is 13.2. The molecule has 7 heteroatoms. The normalized spacial score (nSPS) is 20.6. The number of alkyl halides is 3. The predicted octanol–water partition coefficient (Wildman–Crippen LogP) is 3.19. The van der Waals surface area contributed by atoms with Crippen molar-refractivity contribution in [1.29, 1.82) is 0 Å². The molecule has 1 saturated heterocycles. The quantitative estimate of drug-likeness (QED) is 0.850. The molecule has 20 heavy (non-hydrogen) atoms. The molecule has 0 amide bonds. The van der Waals surface area contributed by atoms with Crippen LogP contribution in [0.5, 0.6) is 0 Å². The fourth-order valence-corrected chi connectivity index (χ4v) is 2.40. The van der Waals surface area contributed by atoms with E-state index in [-0.39, 0.29) is 18.4 Å². The summed E-state index contributed by atoms with van der Waals surface area (Å²) in [4.78, 5) is 1.96. The molecule has 2 rings (SSSR count). The van der Waals surface area contributed by atoms with Crippen molar-refractivity contribution in [3.63, 3.8) is 0 Å². The highest BCUT2D eigenvalue weighted by Gasteiger charge is 2.31. The van der Waals surface area contributed by atoms with Crippen LogP contribution in [0, 0.1) is 5.82 Å². The Morgan fingerprint density at radius 3 is 2.55 bits per heavy atom. The largest absolute Gasteiger partial charge is 0.416 e. The number of hydrogen-bond donors (Lipinski definition) is 1. The lowest BCUT2D eigenvalue weighted by atomic mass is 10.0. The van der Waals surface area contributed by atoms with Gasteiger partial charge in [0, 0.05) is 19.1 Å². The highest BCUT2D eigenvalue weighted by molar-refractivity contribution is 5.85. The van der Waals surface area contributed by atoms with E-state index in [2.05, 4.69) is 0 Å². The molecular formula is C13H17ClF4N2. The second-order valence-corrected chi connectivity index (χ2v) is 4.98. The van der Waals surface area contributed by atoms with E-state index in [1.807, 2.05) is 4.90 Å². The third-order valence-corrected chi connectivity index (χ3v) is 3.23. The van der Waals surface area contributed by atoms with Gasteiger partial charge in [-0.2, -0.15) is 13.2 Å². The van der Waals surface area contributed by atoms with Crippen LogP contribution in [0.15, 0.2) is 18.2 Å². The Hall–Kier alpha value is -0.850. The van der Waals surface area contributed by atoms with Crippen LogP contribution in [-0.2, 0) is 12.7 Å². The summed E-state index contributed by atoms with van der Waals surface area (Å²) in [6.07, 6.45) is -2.68. The molecule has 2 N–H and O–H groups in total. The van der Waals surface area contributed by atoms with Gasteiger partial charge in [-0.15, -0.1) is 12.4 Å². The van der Waals surface area contributed by atoms with Crippen LogP contribution >= 0.6 is 12.4 Å². The summed E-state index contributed by atoms with van der Waals surface area (Å²) in [5.41, 5.74) is 5.21. The smallest absolute Gasteiger partial charge is 0.327 e. The first-order valence-corrected chi connectivity index (χ1v) is 6.19. The summed E-state index contributed by atoms with van der Waals surface area (Å²) in [6.45, 7) is 1.72. The minimum Gasteiger partial charge on any atom is -0.327 e. The van der Waals surface area contributed by atoms with Crippen molar-refractivity contribution >= 4 is 12.4 Å². The van der Waals surface area contributed by atoms with Crippen LogP contribution in [0.2, 0.25) is 0 Å². The van der Waals surface area contributed by atoms with Gasteiger partial charge in [0.2, 0.25) is 0 Å². The van der Waals surface area contributed by atoms with Gasteiger partial charge in [-0.25, -0.2) is 4.39 Å². The Morgan fingerprint density at radius 1 is 1.25 bits per heavy atom. The van der Waals surface area contributed by atoms with Gasteiger partial charge in [-0.3, -0.25) is 4.90 Å². The maximum absolute atomic E-state index is 13.2. The fourth-order valence-electron chi connectivity index (χ4n) is 2.40. The van der Waals surface area contributed by atoms with Gasteiger partial charge in [0.1, 0.15) is 5.82 Å². The summed E-state index contributed by atoms with van der Waals surface area (Å²) in [5.74, 6) is -0.855. The van der Waals surface area contributed by atoms with E-state index in [1.54, 1.807) is 0 Å². The number of rotatable bonds is 2. The molecule has 0 aliphatic carbocycles. The van der Waals surface area contributed by atoms with E-state index < -0.39 is 17.6 Å². The number of nitrogens with two attached hydrogens (primary N) is 1. The highest BCUT2D eigenvalue weighted by Crippen LogP contribution is 2.30. The van der Waals surface area contributed by atoms with Crippen LogP contribution in [0.3, 0.4) is 0 Å². The van der Waals surface area contributed by atoms with Crippen LogP contribution in [0.1, 0.15) is 24.0 Å². The van der Waals surface area contributed by atoms with Crippen LogP contribution in [-0.4, -0.2) is 24.0 Å². The molecule has 1 aromatic carbocycles. The Balaban J connectivity index is 0.00000200. The first kappa shape index (κ1) is 17.2. The van der Waals surface area contributed by atoms with Gasteiger partial charge in [0.25, 0.3) is 0 Å². The third kappa shape index (κ3) is 4.61. The van der Waals surface area contributed by atoms with Crippen LogP contribution in [0.25, 0.3) is 0 Å². The second kappa shape index (κ2) is 6.74. The zero-order valence-electron chi connectivity index (χ0n) is 10.8. The van der Waals surface area contributed by atoms with E-state index >= 15 is 0 Å². The molecule has 1 atom stereocenters. The van der Waals surface area contributed by atoms with Crippen molar-refractivity contribution in [3.8, 4) is 0 Å². The van der Waals surface area contributed by atoms with Crippen molar-refractivity contribution in [2.75, 3.05) is 13.1 Å². The van der Waals surface area contributed by atoms with Crippen molar-refractivity contribution in [1.82, 2.24) is 4.90 Å². The molecule has 0 radical (unpaired) electrons. The van der Waals surface area contributed by atoms with E-state index in [0.717, 1.165) is 31.5 Å². The number of halogens is 5. The number of nitrogens with zero attached hydrogens (tertiary/aromatic N) is 1. The summed E-state index contributed by atoms with van der Waals surface area (Å²) in [5, 5.41) is 0. The minimum atomic E-state index is -4.52. The monoisotopic (exact) mass is 312 g/mol. The molecular weight excluding hydrogens is 296 g/mol. The first-order valence-electron chi connectivity index (χ1n) is 6.19. The first-order chi connectivity index (χ1) is 8.84. The number of benzene rings is 1. The second-order valence-electron chi connectivity index (χ2n) is 4.98. The van der Waals surface area contributed by atoms with E-state index in [0.29, 0.717) is 24.7 Å². The lowest BCUT2D eigenvalue weighted by molar-refractivity contribution is -0.137. The maximum Gasteiger partial charge on any atom is 0.416 e. The Kier molecular flexibility index (Phi) is 5.79. The number of piperidine rings is 1. The van der Waals surface area contributed by atoms with E-state index in [4.69, 9.17) is 5.73 Å². The van der Waals surface area contributed by atoms with Gasteiger partial charge in [-0.1, -0.05) is 0 Å². The molecule has 114 valence electrons. The fraction of sp³-hybridized carbons (Fsp3) is 0.538. The molecule has 0 aromatic heterocycles. The van der Waals surface area contributed by atoms with Gasteiger partial charge >= 0.3 is 6.18 Å². The van der Waals surface area contributed by atoms with Crippen molar-refractivity contribution in [2.24, 2.45) is 5.73 Å². The molecule has 0 saturated carbocycles. The zero-order chi connectivity index (χ0) is 14.0. The Morgan fingerprint density at radius 2 is 1.95 bits per heavy atom. The molecule has 1 aromatic rings. The average molecular weight is 313 g/mol. The van der Waals surface area contributed by atoms with Crippen molar-refractivity contribution in [2.45, 2.75) is 31.6 Å². The molecule has 2 nitrogen and oxygen atoms in total. The predicted molar refractivity (Wildman–Crippen MR) is 71.1 cm³/mol. The lowest BCUT2D eigenvalue weighted by Crippen LogP contribution is -2.42. The average Bonchev–Trinajstić information content (AvgIpc) is 2.26. The summed E-state index contributed by atoms with van der Waals surface area (Å²) in [7, 11) is 0. The lowest BCUT2D eigenvalue weighted by Gasteiger charge is -2.30. The molecule has 1 unspecified atom stereocenters. The number of hydrogen-bond acceptors (Lipinski definition) is 2. The number of likely N-dealkylation sites (tertiary alicyclic amines) is 1. The van der Waals surface area contributed by atoms with Crippen LogP contribution < -0.4 is 5.73 Å². The molecule has 1 heterocycles. The van der Waals surface area contributed by atoms with E-state index in [1.165, 1.54) is 0 Å². The molecule has 1 fully saturated rings. The van der Waals surface area contributed by atoms with Crippen LogP contribution in [0.4, 0.5) is 17.6 Å². The third-order valence-electron chi connectivity index (χ3n) is 3.23. The van der Waals surface area contributed by atoms with Gasteiger partial charge in [0.05, 0.1) is 5.56 Å². The van der Waals surface area contributed by atoms with Gasteiger partial charge < -0.3 is 5.73 Å². The molecule has 0 spiro atoms. The molecule has 1 aliphatic heterocycles.